The van der Waals surface area contributed by atoms with Crippen molar-refractivity contribution < 1.29 is 14.3 Å². The minimum absolute atomic E-state index is 0.00133. The molecule has 1 aliphatic heterocycles. The van der Waals surface area contributed by atoms with Gasteiger partial charge in [-0.05, 0) is 31.5 Å². The number of hydrogen-bond donors (Lipinski definition) is 2. The number of nitrogens with zero attached hydrogens (tertiary/aromatic N) is 1. The van der Waals surface area contributed by atoms with Gasteiger partial charge in [0, 0.05) is 25.2 Å². The van der Waals surface area contributed by atoms with E-state index < -0.39 is 0 Å². The average molecular weight is 277 g/mol. The van der Waals surface area contributed by atoms with Crippen LogP contribution < -0.4 is 20.7 Å². The molecule has 108 valence electrons. The van der Waals surface area contributed by atoms with E-state index in [0.29, 0.717) is 30.0 Å². The van der Waals surface area contributed by atoms with E-state index in [9.17, 15) is 9.59 Å². The second-order valence-corrected chi connectivity index (χ2v) is 4.99. The lowest BCUT2D eigenvalue weighted by Crippen LogP contribution is -2.35. The van der Waals surface area contributed by atoms with Crippen molar-refractivity contribution in [2.24, 2.45) is 5.73 Å². The molecule has 1 heterocycles. The summed E-state index contributed by atoms with van der Waals surface area (Å²) >= 11 is 0. The number of hydrogen-bond acceptors (Lipinski definition) is 4. The smallest absolute Gasteiger partial charge is 0.264 e. The Balaban J connectivity index is 2.07. The standard InChI is InChI=1S/C14H19N3O3/c1-9(15)3-6-13(18)16-10-4-5-12-11(7-10)17(2)14(19)8-20-12/h4-5,7,9H,3,6,8,15H2,1-2H3,(H,16,18). The Kier molecular flexibility index (Phi) is 4.24. The Labute approximate surface area is 117 Å². The molecule has 2 amide bonds. The number of amides is 2. The van der Waals surface area contributed by atoms with Crippen LogP contribution in [0.2, 0.25) is 0 Å². The first kappa shape index (κ1) is 14.3. The molecular weight excluding hydrogens is 258 g/mol. The van der Waals surface area contributed by atoms with Crippen molar-refractivity contribution in [2.75, 3.05) is 23.9 Å². The van der Waals surface area contributed by atoms with Crippen molar-refractivity contribution >= 4 is 23.2 Å². The molecule has 20 heavy (non-hydrogen) atoms. The normalized spacial score (nSPS) is 15.3. The number of likely N-dealkylation sites (N-methyl/N-ethyl adjacent to an activating group) is 1. The molecule has 0 spiro atoms. The molecule has 0 radical (unpaired) electrons. The van der Waals surface area contributed by atoms with E-state index in [1.165, 1.54) is 4.90 Å². The van der Waals surface area contributed by atoms with Crippen LogP contribution >= 0.6 is 0 Å². The molecule has 0 saturated heterocycles. The summed E-state index contributed by atoms with van der Waals surface area (Å²) in [6.07, 6.45) is 1.01. The number of fused-ring (bicyclic) bond motifs is 1. The van der Waals surface area contributed by atoms with Crippen LogP contribution in [-0.2, 0) is 9.59 Å². The Morgan fingerprint density at radius 2 is 2.30 bits per heavy atom. The SMILES string of the molecule is CC(N)CCC(=O)Nc1ccc2c(c1)N(C)C(=O)CO2. The Morgan fingerprint density at radius 3 is 3.00 bits per heavy atom. The monoisotopic (exact) mass is 277 g/mol. The molecule has 1 aliphatic rings. The van der Waals surface area contributed by atoms with Gasteiger partial charge in [-0.3, -0.25) is 9.59 Å². The molecule has 0 bridgehead atoms. The Hall–Kier alpha value is -2.08. The Morgan fingerprint density at radius 1 is 1.55 bits per heavy atom. The van der Waals surface area contributed by atoms with E-state index in [1.54, 1.807) is 25.2 Å². The van der Waals surface area contributed by atoms with Crippen molar-refractivity contribution in [3.63, 3.8) is 0 Å². The van der Waals surface area contributed by atoms with E-state index in [4.69, 9.17) is 10.5 Å². The second-order valence-electron chi connectivity index (χ2n) is 4.99. The number of anilines is 2. The molecule has 6 nitrogen and oxygen atoms in total. The summed E-state index contributed by atoms with van der Waals surface area (Å²) in [6.45, 7) is 1.91. The topological polar surface area (TPSA) is 84.7 Å². The molecule has 0 aromatic heterocycles. The summed E-state index contributed by atoms with van der Waals surface area (Å²) in [4.78, 5) is 24.8. The highest BCUT2D eigenvalue weighted by Gasteiger charge is 2.22. The number of ether oxygens (including phenoxy) is 1. The zero-order chi connectivity index (χ0) is 14.7. The number of benzene rings is 1. The van der Waals surface area contributed by atoms with Crippen molar-refractivity contribution in [2.45, 2.75) is 25.8 Å². The van der Waals surface area contributed by atoms with Gasteiger partial charge in [-0.2, -0.15) is 0 Å². The fraction of sp³-hybridized carbons (Fsp3) is 0.429. The lowest BCUT2D eigenvalue weighted by molar-refractivity contribution is -0.121. The van der Waals surface area contributed by atoms with Gasteiger partial charge in [0.1, 0.15) is 5.75 Å². The summed E-state index contributed by atoms with van der Waals surface area (Å²) in [7, 11) is 1.69. The molecule has 2 rings (SSSR count). The van der Waals surface area contributed by atoms with E-state index in [2.05, 4.69) is 5.32 Å². The molecule has 0 aliphatic carbocycles. The number of nitrogens with one attached hydrogen (secondary N) is 1. The second kappa shape index (κ2) is 5.92. The van der Waals surface area contributed by atoms with Crippen LogP contribution in [0.4, 0.5) is 11.4 Å². The van der Waals surface area contributed by atoms with Gasteiger partial charge in [-0.1, -0.05) is 0 Å². The van der Waals surface area contributed by atoms with Crippen LogP contribution in [0.25, 0.3) is 0 Å². The fourth-order valence-corrected chi connectivity index (χ4v) is 1.93. The molecule has 1 unspecified atom stereocenters. The maximum Gasteiger partial charge on any atom is 0.264 e. The minimum Gasteiger partial charge on any atom is -0.482 e. The molecule has 1 atom stereocenters. The van der Waals surface area contributed by atoms with Gasteiger partial charge in [0.2, 0.25) is 5.91 Å². The van der Waals surface area contributed by atoms with Crippen LogP contribution in [0.1, 0.15) is 19.8 Å². The summed E-state index contributed by atoms with van der Waals surface area (Å²) in [6, 6.07) is 5.24. The minimum atomic E-state index is -0.113. The maximum absolute atomic E-state index is 11.8. The molecule has 1 aromatic rings. The number of nitrogens with two attached hydrogens (primary N) is 1. The molecule has 1 aromatic carbocycles. The van der Waals surface area contributed by atoms with Crippen molar-refractivity contribution in [3.8, 4) is 5.75 Å². The molecule has 6 heteroatoms. The van der Waals surface area contributed by atoms with E-state index in [0.717, 1.165) is 0 Å². The van der Waals surface area contributed by atoms with E-state index in [-0.39, 0.29) is 24.5 Å². The van der Waals surface area contributed by atoms with Gasteiger partial charge >= 0.3 is 0 Å². The highest BCUT2D eigenvalue weighted by molar-refractivity contribution is 5.99. The first-order valence-electron chi connectivity index (χ1n) is 6.56. The van der Waals surface area contributed by atoms with Gasteiger partial charge in [0.05, 0.1) is 5.69 Å². The van der Waals surface area contributed by atoms with Crippen LogP contribution in [0.15, 0.2) is 18.2 Å². The molecule has 0 saturated carbocycles. The van der Waals surface area contributed by atoms with Gasteiger partial charge in [-0.25, -0.2) is 0 Å². The molecule has 0 fully saturated rings. The third kappa shape index (κ3) is 3.27. The summed E-state index contributed by atoms with van der Waals surface area (Å²) in [5.74, 6) is 0.437. The van der Waals surface area contributed by atoms with E-state index in [1.807, 2.05) is 6.92 Å². The largest absolute Gasteiger partial charge is 0.482 e. The number of carbonyl (C=O) groups excluding carboxylic acids is 2. The highest BCUT2D eigenvalue weighted by Crippen LogP contribution is 2.33. The molecular formula is C14H19N3O3. The summed E-state index contributed by atoms with van der Waals surface area (Å²) < 4.78 is 5.32. The van der Waals surface area contributed by atoms with Gasteiger partial charge < -0.3 is 20.7 Å². The fourth-order valence-electron chi connectivity index (χ4n) is 1.93. The Bertz CT molecular complexity index is 528. The van der Waals surface area contributed by atoms with Crippen molar-refractivity contribution in [1.29, 1.82) is 0 Å². The van der Waals surface area contributed by atoms with Crippen LogP contribution in [0.5, 0.6) is 5.75 Å². The predicted octanol–water partition coefficient (Wildman–Crippen LogP) is 1.11. The number of carbonyl (C=O) groups is 2. The maximum atomic E-state index is 11.8. The summed E-state index contributed by atoms with van der Waals surface area (Å²) in [5, 5.41) is 2.79. The highest BCUT2D eigenvalue weighted by atomic mass is 16.5. The third-order valence-corrected chi connectivity index (χ3v) is 3.16. The van der Waals surface area contributed by atoms with Gasteiger partial charge in [0.15, 0.2) is 6.61 Å². The van der Waals surface area contributed by atoms with Crippen molar-refractivity contribution in [3.05, 3.63) is 18.2 Å². The zero-order valence-corrected chi connectivity index (χ0v) is 11.7. The van der Waals surface area contributed by atoms with Crippen LogP contribution in [0.3, 0.4) is 0 Å². The van der Waals surface area contributed by atoms with Crippen LogP contribution in [0, 0.1) is 0 Å². The quantitative estimate of drug-likeness (QED) is 0.863. The first-order valence-corrected chi connectivity index (χ1v) is 6.56. The lowest BCUT2D eigenvalue weighted by atomic mass is 10.2. The predicted molar refractivity (Wildman–Crippen MR) is 76.9 cm³/mol. The number of rotatable bonds is 4. The van der Waals surface area contributed by atoms with Gasteiger partial charge in [-0.15, -0.1) is 0 Å². The molecule has 3 N–H and O–H groups in total. The van der Waals surface area contributed by atoms with E-state index >= 15 is 0 Å². The van der Waals surface area contributed by atoms with Crippen LogP contribution in [-0.4, -0.2) is 31.5 Å². The third-order valence-electron chi connectivity index (χ3n) is 3.16. The summed E-state index contributed by atoms with van der Waals surface area (Å²) in [5.41, 5.74) is 6.92. The lowest BCUT2D eigenvalue weighted by Gasteiger charge is -2.26. The van der Waals surface area contributed by atoms with Gasteiger partial charge in [0.25, 0.3) is 5.91 Å². The first-order chi connectivity index (χ1) is 9.47. The van der Waals surface area contributed by atoms with Crippen molar-refractivity contribution in [1.82, 2.24) is 0 Å². The zero-order valence-electron chi connectivity index (χ0n) is 11.7. The average Bonchev–Trinajstić information content (AvgIpc) is 2.41.